The molecule has 0 radical (unpaired) electrons. The number of anilines is 1. The summed E-state index contributed by atoms with van der Waals surface area (Å²) in [6.45, 7) is 4.25. The Bertz CT molecular complexity index is 904. The number of nitrogens with one attached hydrogen (secondary N) is 2. The minimum atomic E-state index is -0.972. The Kier molecular flexibility index (Phi) is 6.30. The average Bonchev–Trinajstić information content (AvgIpc) is 3.26. The zero-order valence-electron chi connectivity index (χ0n) is 17.3. The summed E-state index contributed by atoms with van der Waals surface area (Å²) >= 11 is 0. The van der Waals surface area contributed by atoms with Gasteiger partial charge >= 0.3 is 0 Å². The van der Waals surface area contributed by atoms with Crippen LogP contribution in [-0.4, -0.2) is 84.9 Å². The standard InChI is InChI=1S/C21H27N5O5/c22-13-6-8-25(12-13)9-11-31-10-7-23-15-3-1-2-14-18(15)21(30)26(20(14)29)16-4-5-17(27)24-19(16)28/h1-3,13,16,23H,4-12,22H2,(H,24,27,28). The first-order valence-corrected chi connectivity index (χ1v) is 10.6. The van der Waals surface area contributed by atoms with Gasteiger partial charge in [0, 0.05) is 37.8 Å². The van der Waals surface area contributed by atoms with E-state index in [2.05, 4.69) is 15.5 Å². The van der Waals surface area contributed by atoms with Gasteiger partial charge in [-0.25, -0.2) is 0 Å². The molecule has 3 heterocycles. The molecule has 0 spiro atoms. The number of fused-ring (bicyclic) bond motifs is 1. The number of likely N-dealkylation sites (tertiary alicyclic amines) is 1. The van der Waals surface area contributed by atoms with Crippen molar-refractivity contribution < 1.29 is 23.9 Å². The van der Waals surface area contributed by atoms with Crippen LogP contribution in [0.15, 0.2) is 18.2 Å². The predicted molar refractivity (Wildman–Crippen MR) is 111 cm³/mol. The molecule has 0 saturated carbocycles. The van der Waals surface area contributed by atoms with E-state index >= 15 is 0 Å². The van der Waals surface area contributed by atoms with E-state index in [0.717, 1.165) is 31.0 Å². The molecule has 0 aromatic heterocycles. The van der Waals surface area contributed by atoms with Gasteiger partial charge in [-0.1, -0.05) is 6.07 Å². The van der Waals surface area contributed by atoms with E-state index in [1.54, 1.807) is 18.2 Å². The van der Waals surface area contributed by atoms with E-state index in [1.807, 2.05) is 0 Å². The zero-order valence-corrected chi connectivity index (χ0v) is 17.3. The number of ether oxygens (including phenoxy) is 1. The molecule has 2 saturated heterocycles. The van der Waals surface area contributed by atoms with Gasteiger partial charge in [0.05, 0.1) is 24.3 Å². The van der Waals surface area contributed by atoms with E-state index in [0.29, 0.717) is 25.4 Å². The summed E-state index contributed by atoms with van der Waals surface area (Å²) in [5, 5.41) is 5.36. The zero-order chi connectivity index (χ0) is 22.0. The van der Waals surface area contributed by atoms with Crippen LogP contribution >= 0.6 is 0 Å². The lowest BCUT2D eigenvalue weighted by atomic mass is 10.0. The molecular formula is C21H27N5O5. The highest BCUT2D eigenvalue weighted by Gasteiger charge is 2.45. The molecule has 1 aromatic carbocycles. The van der Waals surface area contributed by atoms with E-state index in [1.165, 1.54) is 0 Å². The van der Waals surface area contributed by atoms with Crippen molar-refractivity contribution in [1.29, 1.82) is 0 Å². The SMILES string of the molecule is NC1CCN(CCOCCNc2cccc3c2C(=O)N(C2CCC(=O)NC2=O)C3=O)C1. The third-order valence-corrected chi connectivity index (χ3v) is 5.89. The highest BCUT2D eigenvalue weighted by molar-refractivity contribution is 6.25. The molecule has 2 atom stereocenters. The van der Waals surface area contributed by atoms with Gasteiger partial charge in [0.2, 0.25) is 11.8 Å². The van der Waals surface area contributed by atoms with Crippen LogP contribution in [0.1, 0.15) is 40.0 Å². The fourth-order valence-corrected chi connectivity index (χ4v) is 4.28. The van der Waals surface area contributed by atoms with Crippen LogP contribution in [0.2, 0.25) is 0 Å². The van der Waals surface area contributed by atoms with Crippen molar-refractivity contribution in [3.63, 3.8) is 0 Å². The molecule has 4 rings (SSSR count). The molecule has 1 aromatic rings. The number of piperidine rings is 1. The number of rotatable bonds is 8. The smallest absolute Gasteiger partial charge is 0.264 e. The first-order chi connectivity index (χ1) is 15.0. The second-order valence-electron chi connectivity index (χ2n) is 8.06. The molecule has 10 heteroatoms. The Balaban J connectivity index is 1.33. The molecule has 4 N–H and O–H groups in total. The molecular weight excluding hydrogens is 402 g/mol. The minimum Gasteiger partial charge on any atom is -0.382 e. The fraction of sp³-hybridized carbons (Fsp3) is 0.524. The number of hydrogen-bond donors (Lipinski definition) is 3. The fourth-order valence-electron chi connectivity index (χ4n) is 4.28. The molecule has 2 fully saturated rings. The van der Waals surface area contributed by atoms with E-state index in [9.17, 15) is 19.2 Å². The van der Waals surface area contributed by atoms with Gasteiger partial charge in [0.25, 0.3) is 11.8 Å². The molecule has 3 aliphatic heterocycles. The minimum absolute atomic E-state index is 0.0929. The van der Waals surface area contributed by atoms with Crippen LogP contribution in [0.5, 0.6) is 0 Å². The van der Waals surface area contributed by atoms with Crippen LogP contribution in [0, 0.1) is 0 Å². The number of carbonyl (C=O) groups is 4. The number of carbonyl (C=O) groups excluding carboxylic acids is 4. The Hall–Kier alpha value is -2.82. The topological polar surface area (TPSA) is 134 Å². The summed E-state index contributed by atoms with van der Waals surface area (Å²) < 4.78 is 5.67. The van der Waals surface area contributed by atoms with Crippen LogP contribution in [0.3, 0.4) is 0 Å². The van der Waals surface area contributed by atoms with Crippen molar-refractivity contribution >= 4 is 29.3 Å². The van der Waals surface area contributed by atoms with Crippen molar-refractivity contribution in [2.75, 3.05) is 44.7 Å². The third-order valence-electron chi connectivity index (χ3n) is 5.89. The summed E-state index contributed by atoms with van der Waals surface area (Å²) in [5.41, 5.74) is 6.93. The molecule has 166 valence electrons. The molecule has 0 bridgehead atoms. The lowest BCUT2D eigenvalue weighted by molar-refractivity contribution is -0.136. The maximum absolute atomic E-state index is 13.0. The van der Waals surface area contributed by atoms with Gasteiger partial charge in [-0.05, 0) is 31.5 Å². The quantitative estimate of drug-likeness (QED) is 0.374. The molecule has 0 aliphatic carbocycles. The molecule has 4 amide bonds. The predicted octanol–water partition coefficient (Wildman–Crippen LogP) is -0.451. The normalized spacial score (nSPS) is 24.0. The summed E-state index contributed by atoms with van der Waals surface area (Å²) in [6, 6.07) is 4.27. The molecule has 3 aliphatic rings. The highest BCUT2D eigenvalue weighted by atomic mass is 16.5. The molecule has 2 unspecified atom stereocenters. The number of imide groups is 2. The highest BCUT2D eigenvalue weighted by Crippen LogP contribution is 2.32. The average molecular weight is 429 g/mol. The van der Waals surface area contributed by atoms with Crippen molar-refractivity contribution in [2.45, 2.75) is 31.3 Å². The van der Waals surface area contributed by atoms with Gasteiger partial charge in [0.15, 0.2) is 0 Å². The Morgan fingerprint density at radius 3 is 2.71 bits per heavy atom. The Morgan fingerprint density at radius 2 is 1.97 bits per heavy atom. The third kappa shape index (κ3) is 4.46. The summed E-state index contributed by atoms with van der Waals surface area (Å²) in [6.07, 6.45) is 1.24. The van der Waals surface area contributed by atoms with Crippen LogP contribution in [-0.2, 0) is 14.3 Å². The number of hydrogen-bond acceptors (Lipinski definition) is 8. The largest absolute Gasteiger partial charge is 0.382 e. The van der Waals surface area contributed by atoms with E-state index in [4.69, 9.17) is 10.5 Å². The Labute approximate surface area is 180 Å². The molecule has 31 heavy (non-hydrogen) atoms. The van der Waals surface area contributed by atoms with Gasteiger partial charge in [-0.15, -0.1) is 0 Å². The van der Waals surface area contributed by atoms with Crippen molar-refractivity contribution in [1.82, 2.24) is 15.1 Å². The molecule has 10 nitrogen and oxygen atoms in total. The van der Waals surface area contributed by atoms with Crippen molar-refractivity contribution in [3.05, 3.63) is 29.3 Å². The lowest BCUT2D eigenvalue weighted by Crippen LogP contribution is -2.54. The van der Waals surface area contributed by atoms with Crippen LogP contribution < -0.4 is 16.4 Å². The van der Waals surface area contributed by atoms with Gasteiger partial charge in [0.1, 0.15) is 6.04 Å². The van der Waals surface area contributed by atoms with Gasteiger partial charge < -0.3 is 15.8 Å². The number of amides is 4. The van der Waals surface area contributed by atoms with Crippen LogP contribution in [0.25, 0.3) is 0 Å². The maximum Gasteiger partial charge on any atom is 0.264 e. The second kappa shape index (κ2) is 9.13. The number of nitrogens with two attached hydrogens (primary N) is 1. The first kappa shape index (κ1) is 21.4. The summed E-state index contributed by atoms with van der Waals surface area (Å²) in [4.78, 5) is 52.7. The summed E-state index contributed by atoms with van der Waals surface area (Å²) in [5.74, 6) is -2.05. The van der Waals surface area contributed by atoms with Crippen molar-refractivity contribution in [3.8, 4) is 0 Å². The number of nitrogens with zero attached hydrogens (tertiary/aromatic N) is 2. The van der Waals surface area contributed by atoms with Crippen LogP contribution in [0.4, 0.5) is 5.69 Å². The summed E-state index contributed by atoms with van der Waals surface area (Å²) in [7, 11) is 0. The first-order valence-electron chi connectivity index (χ1n) is 10.6. The van der Waals surface area contributed by atoms with E-state index in [-0.39, 0.29) is 30.0 Å². The van der Waals surface area contributed by atoms with Gasteiger partial charge in [-0.3, -0.25) is 34.3 Å². The van der Waals surface area contributed by atoms with Crippen molar-refractivity contribution in [2.24, 2.45) is 5.73 Å². The Morgan fingerprint density at radius 1 is 1.13 bits per heavy atom. The second-order valence-corrected chi connectivity index (χ2v) is 8.06. The van der Waals surface area contributed by atoms with Gasteiger partial charge in [-0.2, -0.15) is 0 Å². The lowest BCUT2D eigenvalue weighted by Gasteiger charge is -2.27. The number of benzene rings is 1. The van der Waals surface area contributed by atoms with E-state index < -0.39 is 29.7 Å². The monoisotopic (exact) mass is 429 g/mol. The maximum atomic E-state index is 13.0.